The van der Waals surface area contributed by atoms with Gasteiger partial charge in [0, 0.05) is 12.6 Å². The van der Waals surface area contributed by atoms with Crippen LogP contribution in [0.25, 0.3) is 0 Å². The molecule has 2 N–H and O–H groups in total. The lowest BCUT2D eigenvalue weighted by Crippen LogP contribution is -2.23. The number of hydrazone groups is 1. The Morgan fingerprint density at radius 2 is 2.46 bits per heavy atom. The Balaban J connectivity index is 2.27. The van der Waals surface area contributed by atoms with Gasteiger partial charge in [-0.3, -0.25) is 0 Å². The van der Waals surface area contributed by atoms with Crippen molar-refractivity contribution in [2.24, 2.45) is 10.8 Å². The minimum absolute atomic E-state index is 0.275. The van der Waals surface area contributed by atoms with E-state index in [-0.39, 0.29) is 6.04 Å². The van der Waals surface area contributed by atoms with Gasteiger partial charge < -0.3 is 5.73 Å². The van der Waals surface area contributed by atoms with Crippen molar-refractivity contribution in [3.05, 3.63) is 18.3 Å². The molecule has 0 spiro atoms. The standard InChI is InChI=1S/C8H11N5/c1-6-5-7(9)12-13(6)8-3-2-4-10-11-8/h2-4,6H,5H2,1H3,(H2,9,12). The van der Waals surface area contributed by atoms with E-state index in [9.17, 15) is 0 Å². The number of aromatic nitrogens is 2. The number of anilines is 1. The third kappa shape index (κ3) is 1.44. The van der Waals surface area contributed by atoms with Gasteiger partial charge in [0.25, 0.3) is 0 Å². The summed E-state index contributed by atoms with van der Waals surface area (Å²) < 4.78 is 0. The van der Waals surface area contributed by atoms with Crippen LogP contribution in [0.3, 0.4) is 0 Å². The lowest BCUT2D eigenvalue weighted by Gasteiger charge is -2.17. The van der Waals surface area contributed by atoms with Crippen LogP contribution in [0.5, 0.6) is 0 Å². The van der Waals surface area contributed by atoms with E-state index in [1.165, 1.54) is 0 Å². The van der Waals surface area contributed by atoms with Crippen molar-refractivity contribution in [1.82, 2.24) is 10.2 Å². The second kappa shape index (κ2) is 3.01. The molecule has 1 aromatic rings. The maximum atomic E-state index is 5.61. The maximum Gasteiger partial charge on any atom is 0.171 e. The summed E-state index contributed by atoms with van der Waals surface area (Å²) >= 11 is 0. The van der Waals surface area contributed by atoms with E-state index >= 15 is 0 Å². The Morgan fingerprint density at radius 1 is 1.62 bits per heavy atom. The first kappa shape index (κ1) is 7.97. The topological polar surface area (TPSA) is 67.4 Å². The summed E-state index contributed by atoms with van der Waals surface area (Å²) in [7, 11) is 0. The molecule has 68 valence electrons. The van der Waals surface area contributed by atoms with Crippen molar-refractivity contribution in [1.29, 1.82) is 0 Å². The van der Waals surface area contributed by atoms with E-state index in [0.29, 0.717) is 5.84 Å². The van der Waals surface area contributed by atoms with Crippen LogP contribution in [0.4, 0.5) is 5.82 Å². The van der Waals surface area contributed by atoms with Gasteiger partial charge in [-0.05, 0) is 19.1 Å². The summed E-state index contributed by atoms with van der Waals surface area (Å²) in [5, 5.41) is 13.7. The first-order valence-electron chi connectivity index (χ1n) is 4.17. The molecule has 0 radical (unpaired) electrons. The van der Waals surface area contributed by atoms with Crippen LogP contribution in [0.1, 0.15) is 13.3 Å². The first-order chi connectivity index (χ1) is 6.27. The molecule has 5 heteroatoms. The van der Waals surface area contributed by atoms with Crippen LogP contribution >= 0.6 is 0 Å². The largest absolute Gasteiger partial charge is 0.386 e. The second-order valence-electron chi connectivity index (χ2n) is 3.07. The number of nitrogens with zero attached hydrogens (tertiary/aromatic N) is 4. The fraction of sp³-hybridized carbons (Fsp3) is 0.375. The smallest absolute Gasteiger partial charge is 0.171 e. The van der Waals surface area contributed by atoms with E-state index in [2.05, 4.69) is 22.2 Å². The van der Waals surface area contributed by atoms with E-state index < -0.39 is 0 Å². The third-order valence-corrected chi connectivity index (χ3v) is 1.95. The lowest BCUT2D eigenvalue weighted by atomic mass is 10.2. The molecule has 0 bridgehead atoms. The molecule has 1 aliphatic rings. The molecule has 1 aromatic heterocycles. The summed E-state index contributed by atoms with van der Waals surface area (Å²) in [5.74, 6) is 1.40. The molecule has 0 amide bonds. The molecule has 0 fully saturated rings. The normalized spacial score (nSPS) is 21.8. The van der Waals surface area contributed by atoms with Crippen molar-refractivity contribution in [2.75, 3.05) is 5.01 Å². The minimum Gasteiger partial charge on any atom is -0.386 e. The fourth-order valence-electron chi connectivity index (χ4n) is 1.36. The third-order valence-electron chi connectivity index (χ3n) is 1.95. The van der Waals surface area contributed by atoms with Gasteiger partial charge in [0.15, 0.2) is 5.82 Å². The molecule has 0 aliphatic carbocycles. The molecule has 0 saturated heterocycles. The summed E-state index contributed by atoms with van der Waals surface area (Å²) in [6, 6.07) is 3.97. The van der Waals surface area contributed by atoms with Crippen LogP contribution in [0, 0.1) is 0 Å². The number of hydrogen-bond acceptors (Lipinski definition) is 5. The second-order valence-corrected chi connectivity index (χ2v) is 3.07. The first-order valence-corrected chi connectivity index (χ1v) is 4.17. The molecule has 1 unspecified atom stereocenters. The van der Waals surface area contributed by atoms with Crippen LogP contribution in [-0.4, -0.2) is 22.1 Å². The highest BCUT2D eigenvalue weighted by Gasteiger charge is 2.22. The zero-order valence-electron chi connectivity index (χ0n) is 7.38. The quantitative estimate of drug-likeness (QED) is 0.672. The summed E-state index contributed by atoms with van der Waals surface area (Å²) in [4.78, 5) is 0. The summed E-state index contributed by atoms with van der Waals surface area (Å²) in [6.45, 7) is 2.05. The molecule has 13 heavy (non-hydrogen) atoms. The molecule has 5 nitrogen and oxygen atoms in total. The van der Waals surface area contributed by atoms with Crippen molar-refractivity contribution < 1.29 is 0 Å². The van der Waals surface area contributed by atoms with Gasteiger partial charge in [0.05, 0.1) is 6.04 Å². The predicted octanol–water partition coefficient (Wildman–Crippen LogP) is 0.347. The van der Waals surface area contributed by atoms with E-state index in [1.54, 1.807) is 11.2 Å². The van der Waals surface area contributed by atoms with Crippen molar-refractivity contribution >= 4 is 11.7 Å². The number of amidine groups is 1. The average Bonchev–Trinajstić information content (AvgIpc) is 2.47. The van der Waals surface area contributed by atoms with Gasteiger partial charge in [-0.25, -0.2) is 5.01 Å². The highest BCUT2D eigenvalue weighted by Crippen LogP contribution is 2.19. The van der Waals surface area contributed by atoms with Crippen LogP contribution in [0.2, 0.25) is 0 Å². The number of nitrogens with two attached hydrogens (primary N) is 1. The summed E-state index contributed by atoms with van der Waals surface area (Å²) in [5.41, 5.74) is 5.61. The predicted molar refractivity (Wildman–Crippen MR) is 50.2 cm³/mol. The molecular formula is C8H11N5. The lowest BCUT2D eigenvalue weighted by molar-refractivity contribution is 0.705. The molecule has 2 heterocycles. The van der Waals surface area contributed by atoms with E-state index in [0.717, 1.165) is 12.2 Å². The fourth-order valence-corrected chi connectivity index (χ4v) is 1.36. The van der Waals surface area contributed by atoms with Crippen molar-refractivity contribution in [3.63, 3.8) is 0 Å². The summed E-state index contributed by atoms with van der Waals surface area (Å²) in [6.07, 6.45) is 2.42. The maximum absolute atomic E-state index is 5.61. The zero-order chi connectivity index (χ0) is 9.26. The Kier molecular flexibility index (Phi) is 1.84. The SMILES string of the molecule is CC1CC(N)=NN1c1cccnn1. The number of hydrogen-bond donors (Lipinski definition) is 1. The van der Waals surface area contributed by atoms with Gasteiger partial charge in [0.2, 0.25) is 0 Å². The number of rotatable bonds is 1. The van der Waals surface area contributed by atoms with Gasteiger partial charge in [0.1, 0.15) is 5.84 Å². The van der Waals surface area contributed by atoms with Crippen LogP contribution < -0.4 is 10.7 Å². The molecule has 0 saturated carbocycles. The Labute approximate surface area is 76.3 Å². The molecule has 2 rings (SSSR count). The van der Waals surface area contributed by atoms with E-state index in [4.69, 9.17) is 5.73 Å². The zero-order valence-corrected chi connectivity index (χ0v) is 7.38. The highest BCUT2D eigenvalue weighted by atomic mass is 15.5. The van der Waals surface area contributed by atoms with Crippen molar-refractivity contribution in [2.45, 2.75) is 19.4 Å². The minimum atomic E-state index is 0.275. The molecule has 1 atom stereocenters. The monoisotopic (exact) mass is 177 g/mol. The Hall–Kier alpha value is -1.65. The van der Waals surface area contributed by atoms with Crippen LogP contribution in [-0.2, 0) is 0 Å². The molecule has 1 aliphatic heterocycles. The highest BCUT2D eigenvalue weighted by molar-refractivity contribution is 5.84. The van der Waals surface area contributed by atoms with Gasteiger partial charge >= 0.3 is 0 Å². The van der Waals surface area contributed by atoms with Gasteiger partial charge in [-0.2, -0.15) is 10.2 Å². The average molecular weight is 177 g/mol. The molecule has 0 aromatic carbocycles. The van der Waals surface area contributed by atoms with Crippen molar-refractivity contribution in [3.8, 4) is 0 Å². The Morgan fingerprint density at radius 3 is 3.00 bits per heavy atom. The van der Waals surface area contributed by atoms with Gasteiger partial charge in [-0.1, -0.05) is 0 Å². The van der Waals surface area contributed by atoms with Gasteiger partial charge in [-0.15, -0.1) is 5.10 Å². The van der Waals surface area contributed by atoms with E-state index in [1.807, 2.05) is 12.1 Å². The van der Waals surface area contributed by atoms with Crippen LogP contribution in [0.15, 0.2) is 23.4 Å². The Bertz CT molecular complexity index is 321. The molecular weight excluding hydrogens is 166 g/mol.